The third-order valence-corrected chi connectivity index (χ3v) is 8.49. The first kappa shape index (κ1) is 18.0. The van der Waals surface area contributed by atoms with E-state index in [9.17, 15) is 9.59 Å². The van der Waals surface area contributed by atoms with Crippen LogP contribution in [0.15, 0.2) is 91.0 Å². The average molecular weight is 363 g/mol. The Morgan fingerprint density at radius 3 is 1.35 bits per heavy atom. The van der Waals surface area contributed by atoms with Crippen LogP contribution in [0.25, 0.3) is 0 Å². The van der Waals surface area contributed by atoms with Gasteiger partial charge < -0.3 is 4.74 Å². The number of rotatable bonds is 5. The van der Waals surface area contributed by atoms with Crippen LogP contribution in [0.5, 0.6) is 0 Å². The molecule has 26 heavy (non-hydrogen) atoms. The second-order valence-electron chi connectivity index (χ2n) is 5.94. The van der Waals surface area contributed by atoms with Gasteiger partial charge in [-0.1, -0.05) is 54.6 Å². The van der Waals surface area contributed by atoms with E-state index in [0.29, 0.717) is 0 Å². The highest BCUT2D eigenvalue weighted by atomic mass is 31.2. The summed E-state index contributed by atoms with van der Waals surface area (Å²) < 4.78 is 4.92. The molecule has 0 aliphatic carbocycles. The topological polar surface area (TPSA) is 43.4 Å². The van der Waals surface area contributed by atoms with Crippen LogP contribution in [0.1, 0.15) is 6.92 Å². The van der Waals surface area contributed by atoms with E-state index in [0.717, 1.165) is 15.9 Å². The maximum atomic E-state index is 12.6. The molecule has 4 heteroatoms. The van der Waals surface area contributed by atoms with Crippen molar-refractivity contribution in [2.24, 2.45) is 0 Å². The van der Waals surface area contributed by atoms with Crippen LogP contribution >= 0.6 is 7.26 Å². The van der Waals surface area contributed by atoms with Gasteiger partial charge in [0.25, 0.3) is 0 Å². The summed E-state index contributed by atoms with van der Waals surface area (Å²) in [6, 6.07) is 30.1. The van der Waals surface area contributed by atoms with Crippen molar-refractivity contribution in [1.82, 2.24) is 0 Å². The van der Waals surface area contributed by atoms with Gasteiger partial charge in [0.2, 0.25) is 0 Å². The summed E-state index contributed by atoms with van der Waals surface area (Å²) in [6.07, 6.45) is 0.143. The Balaban J connectivity index is 2.24. The van der Waals surface area contributed by atoms with E-state index < -0.39 is 19.2 Å². The van der Waals surface area contributed by atoms with Gasteiger partial charge in [0.05, 0.1) is 0 Å². The molecule has 3 aromatic rings. The lowest BCUT2D eigenvalue weighted by molar-refractivity contribution is -0.156. The first-order chi connectivity index (χ1) is 12.6. The molecule has 3 rings (SSSR count). The molecule has 0 radical (unpaired) electrons. The highest BCUT2D eigenvalue weighted by Crippen LogP contribution is 2.55. The van der Waals surface area contributed by atoms with Gasteiger partial charge in [-0.2, -0.15) is 0 Å². The van der Waals surface area contributed by atoms with E-state index in [4.69, 9.17) is 4.74 Å². The van der Waals surface area contributed by atoms with Crippen LogP contribution in [0.2, 0.25) is 0 Å². The fraction of sp³-hybridized carbons (Fsp3) is 0.0909. The molecule has 130 valence electrons. The minimum Gasteiger partial charge on any atom is -0.391 e. The zero-order valence-corrected chi connectivity index (χ0v) is 15.4. The zero-order chi connectivity index (χ0) is 18.4. The number of esters is 2. The minimum atomic E-state index is -2.29. The number of benzene rings is 3. The summed E-state index contributed by atoms with van der Waals surface area (Å²) >= 11 is 0. The number of carbonyl (C=O) groups excluding carboxylic acids is 2. The summed E-state index contributed by atoms with van der Waals surface area (Å²) in [5.41, 5.74) is 0. The Morgan fingerprint density at radius 1 is 0.692 bits per heavy atom. The predicted octanol–water partition coefficient (Wildman–Crippen LogP) is 3.07. The van der Waals surface area contributed by atoms with E-state index in [1.54, 1.807) is 0 Å². The van der Waals surface area contributed by atoms with Gasteiger partial charge in [-0.15, -0.1) is 0 Å². The predicted molar refractivity (Wildman–Crippen MR) is 107 cm³/mol. The average Bonchev–Trinajstić information content (AvgIpc) is 2.67. The first-order valence-electron chi connectivity index (χ1n) is 8.39. The molecule has 0 fully saturated rings. The Labute approximate surface area is 154 Å². The fourth-order valence-electron chi connectivity index (χ4n) is 3.15. The fourth-order valence-corrected chi connectivity index (χ4v) is 7.09. The monoisotopic (exact) mass is 363 g/mol. The Morgan fingerprint density at radius 2 is 1.04 bits per heavy atom. The van der Waals surface area contributed by atoms with Crippen molar-refractivity contribution in [3.63, 3.8) is 0 Å². The van der Waals surface area contributed by atoms with Gasteiger partial charge in [0.1, 0.15) is 23.2 Å². The lowest BCUT2D eigenvalue weighted by Gasteiger charge is -2.26. The van der Waals surface area contributed by atoms with Crippen LogP contribution in [-0.4, -0.2) is 18.1 Å². The van der Waals surface area contributed by atoms with Gasteiger partial charge in [0.15, 0.2) is 6.16 Å². The van der Waals surface area contributed by atoms with E-state index in [1.807, 2.05) is 54.6 Å². The molecule has 3 nitrogen and oxygen atoms in total. The summed E-state index contributed by atoms with van der Waals surface area (Å²) in [5, 5.41) is 3.24. The first-order valence-corrected chi connectivity index (χ1v) is 10.4. The number of carbonyl (C=O) groups is 2. The SMILES string of the molecule is CC(=O)OC(=O)C[P+](c1ccccc1)(c1ccccc1)c1ccccc1. The Kier molecular flexibility index (Phi) is 5.60. The minimum absolute atomic E-state index is 0.143. The Hall–Kier alpha value is -2.77. The largest absolute Gasteiger partial charge is 0.391 e. The van der Waals surface area contributed by atoms with Crippen molar-refractivity contribution >= 4 is 35.1 Å². The molecule has 0 heterocycles. The molecule has 0 aromatic heterocycles. The lowest BCUT2D eigenvalue weighted by atomic mass is 10.4. The lowest BCUT2D eigenvalue weighted by Crippen LogP contribution is -2.36. The quantitative estimate of drug-likeness (QED) is 0.398. The summed E-state index contributed by atoms with van der Waals surface area (Å²) in [6.45, 7) is 1.26. The molecular weight excluding hydrogens is 343 g/mol. The zero-order valence-electron chi connectivity index (χ0n) is 14.5. The van der Waals surface area contributed by atoms with Crippen molar-refractivity contribution < 1.29 is 14.3 Å². The molecule has 0 spiro atoms. The molecule has 0 N–H and O–H groups in total. The normalized spacial score (nSPS) is 11.0. The van der Waals surface area contributed by atoms with Crippen molar-refractivity contribution in [2.45, 2.75) is 6.92 Å². The molecule has 0 atom stereocenters. The number of ether oxygens (including phenoxy) is 1. The Bertz CT molecular complexity index is 780. The van der Waals surface area contributed by atoms with Crippen molar-refractivity contribution in [1.29, 1.82) is 0 Å². The molecule has 3 aromatic carbocycles. The van der Waals surface area contributed by atoms with Gasteiger partial charge in [-0.25, -0.2) is 4.79 Å². The molecule has 0 amide bonds. The summed E-state index contributed by atoms with van der Waals surface area (Å²) in [7, 11) is -2.29. The molecule has 0 saturated carbocycles. The highest BCUT2D eigenvalue weighted by Gasteiger charge is 2.48. The smallest absolute Gasteiger partial charge is 0.352 e. The summed E-state index contributed by atoms with van der Waals surface area (Å²) in [4.78, 5) is 23.9. The molecule has 0 saturated heterocycles. The maximum Gasteiger partial charge on any atom is 0.352 e. The van der Waals surface area contributed by atoms with Gasteiger partial charge in [-0.05, 0) is 36.4 Å². The van der Waals surface area contributed by atoms with Crippen LogP contribution in [-0.2, 0) is 14.3 Å². The standard InChI is InChI=1S/C22H20O3P/c1-18(23)25-22(24)17-26(19-11-5-2-6-12-19,20-13-7-3-8-14-20)21-15-9-4-10-16-21/h2-16H,17H2,1H3/q+1. The van der Waals surface area contributed by atoms with E-state index >= 15 is 0 Å². The van der Waals surface area contributed by atoms with Gasteiger partial charge in [-0.3, -0.25) is 4.79 Å². The molecule has 0 unspecified atom stereocenters. The van der Waals surface area contributed by atoms with Crippen LogP contribution in [0.3, 0.4) is 0 Å². The van der Waals surface area contributed by atoms with E-state index in [2.05, 4.69) is 36.4 Å². The number of hydrogen-bond donors (Lipinski definition) is 0. The number of hydrogen-bond acceptors (Lipinski definition) is 3. The van der Waals surface area contributed by atoms with Gasteiger partial charge in [0, 0.05) is 6.92 Å². The second kappa shape index (κ2) is 8.07. The van der Waals surface area contributed by atoms with E-state index in [1.165, 1.54) is 6.92 Å². The van der Waals surface area contributed by atoms with Gasteiger partial charge >= 0.3 is 11.9 Å². The van der Waals surface area contributed by atoms with Crippen LogP contribution < -0.4 is 15.9 Å². The molecule has 0 bridgehead atoms. The van der Waals surface area contributed by atoms with Crippen molar-refractivity contribution in [2.75, 3.05) is 6.16 Å². The molecule has 0 aliphatic rings. The third kappa shape index (κ3) is 3.74. The maximum absolute atomic E-state index is 12.6. The molecule has 0 aliphatic heterocycles. The van der Waals surface area contributed by atoms with Crippen molar-refractivity contribution in [3.05, 3.63) is 91.0 Å². The summed E-state index contributed by atoms with van der Waals surface area (Å²) in [5.74, 6) is -1.08. The van der Waals surface area contributed by atoms with Crippen LogP contribution in [0.4, 0.5) is 0 Å². The molecular formula is C22H20O3P+. The van der Waals surface area contributed by atoms with Crippen molar-refractivity contribution in [3.8, 4) is 0 Å². The van der Waals surface area contributed by atoms with Crippen LogP contribution in [0, 0.1) is 0 Å². The highest BCUT2D eigenvalue weighted by molar-refractivity contribution is 7.96. The third-order valence-electron chi connectivity index (χ3n) is 4.21. The van der Waals surface area contributed by atoms with E-state index in [-0.39, 0.29) is 6.16 Å². The second-order valence-corrected chi connectivity index (χ2v) is 9.43.